The monoisotopic (exact) mass is 558 g/mol. The Morgan fingerprint density at radius 2 is 1.12 bits per heavy atom. The molecule has 13 nitrogen and oxygen atoms in total. The molecule has 1 heterocycles. The quantitative estimate of drug-likeness (QED) is 0.360. The first kappa shape index (κ1) is 29.6. The topological polar surface area (TPSA) is 167 Å². The first-order valence-corrected chi connectivity index (χ1v) is 11.8. The van der Waals surface area contributed by atoms with Gasteiger partial charge < -0.3 is 33.2 Å². The molecule has 13 heteroatoms. The van der Waals surface area contributed by atoms with Gasteiger partial charge >= 0.3 is 35.8 Å². The van der Waals surface area contributed by atoms with Gasteiger partial charge in [-0.2, -0.15) is 0 Å². The van der Waals surface area contributed by atoms with E-state index in [1.165, 1.54) is 45.0 Å². The summed E-state index contributed by atoms with van der Waals surface area (Å²) in [5.74, 6) is -5.04. The van der Waals surface area contributed by atoms with Gasteiger partial charge in [0.1, 0.15) is 23.4 Å². The molecule has 0 radical (unpaired) electrons. The number of fused-ring (bicyclic) bond motifs is 1. The van der Waals surface area contributed by atoms with Crippen molar-refractivity contribution < 1.29 is 61.9 Å². The molecule has 2 aromatic rings. The largest absolute Gasteiger partial charge is 0.481 e. The predicted octanol–water partition coefficient (Wildman–Crippen LogP) is 2.92. The van der Waals surface area contributed by atoms with Gasteiger partial charge in [-0.05, 0) is 12.1 Å². The summed E-state index contributed by atoms with van der Waals surface area (Å²) in [6.45, 7) is 6.86. The highest BCUT2D eigenvalue weighted by molar-refractivity contribution is 5.78. The van der Waals surface area contributed by atoms with Gasteiger partial charge in [-0.25, -0.2) is 0 Å². The zero-order chi connectivity index (χ0) is 29.7. The second kappa shape index (κ2) is 12.3. The van der Waals surface area contributed by atoms with Crippen molar-refractivity contribution in [3.8, 4) is 34.5 Å². The van der Waals surface area contributed by atoms with Crippen LogP contribution in [0.4, 0.5) is 0 Å². The molecule has 0 saturated heterocycles. The molecule has 0 saturated carbocycles. The Hall–Kier alpha value is -4.94. The van der Waals surface area contributed by atoms with Crippen molar-refractivity contribution >= 4 is 35.8 Å². The number of ether oxygens (including phenoxy) is 7. The lowest BCUT2D eigenvalue weighted by atomic mass is 9.93. The lowest BCUT2D eigenvalue weighted by molar-refractivity contribution is -0.152. The van der Waals surface area contributed by atoms with E-state index in [1.807, 2.05) is 0 Å². The normalized spacial score (nSPS) is 15.4. The molecule has 2 atom stereocenters. The van der Waals surface area contributed by atoms with Gasteiger partial charge in [-0.15, -0.1) is 0 Å². The number of hydrogen-bond acceptors (Lipinski definition) is 13. The number of hydrogen-bond donors (Lipinski definition) is 0. The van der Waals surface area contributed by atoms with E-state index in [4.69, 9.17) is 33.2 Å². The Bertz CT molecular complexity index is 1350. The molecule has 3 rings (SSSR count). The third kappa shape index (κ3) is 7.56. The van der Waals surface area contributed by atoms with Crippen LogP contribution in [0, 0.1) is 0 Å². The van der Waals surface area contributed by atoms with Crippen LogP contribution in [0.2, 0.25) is 0 Å². The highest BCUT2D eigenvalue weighted by Gasteiger charge is 2.38. The smallest absolute Gasteiger partial charge is 0.308 e. The van der Waals surface area contributed by atoms with E-state index in [-0.39, 0.29) is 46.5 Å². The molecule has 0 aliphatic carbocycles. The number of esters is 6. The molecule has 1 aliphatic heterocycles. The number of rotatable bonds is 7. The van der Waals surface area contributed by atoms with Crippen LogP contribution in [0.5, 0.6) is 34.5 Å². The lowest BCUT2D eigenvalue weighted by Crippen LogP contribution is -2.34. The fourth-order valence-corrected chi connectivity index (χ4v) is 3.96. The molecule has 0 fully saturated rings. The Kier molecular flexibility index (Phi) is 9.09. The average molecular weight is 558 g/mol. The van der Waals surface area contributed by atoms with E-state index in [0.29, 0.717) is 5.56 Å². The number of carbonyl (C=O) groups excluding carboxylic acids is 6. The summed E-state index contributed by atoms with van der Waals surface area (Å²) in [4.78, 5) is 70.8. The lowest BCUT2D eigenvalue weighted by Gasteiger charge is -2.34. The Morgan fingerprint density at radius 3 is 1.60 bits per heavy atom. The molecule has 0 amide bonds. The maximum atomic E-state index is 12.0. The molecule has 0 aromatic heterocycles. The van der Waals surface area contributed by atoms with Gasteiger partial charge in [0.2, 0.25) is 5.75 Å². The van der Waals surface area contributed by atoms with Gasteiger partial charge in [0.15, 0.2) is 17.6 Å². The van der Waals surface area contributed by atoms with E-state index in [1.54, 1.807) is 0 Å². The molecule has 212 valence electrons. The summed E-state index contributed by atoms with van der Waals surface area (Å²) in [7, 11) is 0. The van der Waals surface area contributed by atoms with Crippen LogP contribution in [0.15, 0.2) is 24.3 Å². The van der Waals surface area contributed by atoms with Crippen LogP contribution >= 0.6 is 0 Å². The van der Waals surface area contributed by atoms with E-state index in [9.17, 15) is 28.8 Å². The molecule has 1 aliphatic rings. The summed E-state index contributed by atoms with van der Waals surface area (Å²) < 4.78 is 37.7. The van der Waals surface area contributed by atoms with Crippen molar-refractivity contribution in [3.63, 3.8) is 0 Å². The minimum absolute atomic E-state index is 0.0126. The predicted molar refractivity (Wildman–Crippen MR) is 132 cm³/mol. The summed E-state index contributed by atoms with van der Waals surface area (Å²) in [5.41, 5.74) is 0.526. The SMILES string of the molecule is CC(=O)Oc1cc(OC(C)=O)c2c(c1)O[C@H](c1cc(OC(C)=O)c(OC(C)=O)c(OC(C)=O)c1)[C@H](OC(C)=O)C2. The summed E-state index contributed by atoms with van der Waals surface area (Å²) in [6.07, 6.45) is -2.18. The minimum atomic E-state index is -1.12. The van der Waals surface area contributed by atoms with E-state index in [2.05, 4.69) is 0 Å². The third-order valence-corrected chi connectivity index (χ3v) is 5.10. The fourth-order valence-electron chi connectivity index (χ4n) is 3.96. The Morgan fingerprint density at radius 1 is 0.625 bits per heavy atom. The van der Waals surface area contributed by atoms with E-state index >= 15 is 0 Å². The molecular weight excluding hydrogens is 532 g/mol. The van der Waals surface area contributed by atoms with Gasteiger partial charge in [0.05, 0.1) is 0 Å². The summed E-state index contributed by atoms with van der Waals surface area (Å²) in [6, 6.07) is 5.29. The standard InChI is InChI=1S/C27H26O13/c1-12(28)34-19-9-21(35-13(2)29)20-11-25(38-16(5)32)26(40-22(20)10-19)18-7-23(36-14(3)30)27(39-17(6)33)24(8-18)37-15(4)31/h7-10,25-26H,11H2,1-6H3/t25-,26-/m1/s1. The van der Waals surface area contributed by atoms with Crippen LogP contribution in [0.1, 0.15) is 58.8 Å². The molecule has 40 heavy (non-hydrogen) atoms. The van der Waals surface area contributed by atoms with Gasteiger partial charge in [0, 0.05) is 71.2 Å². The van der Waals surface area contributed by atoms with Crippen LogP contribution in [0.25, 0.3) is 0 Å². The van der Waals surface area contributed by atoms with Crippen molar-refractivity contribution in [1.82, 2.24) is 0 Å². The van der Waals surface area contributed by atoms with Crippen molar-refractivity contribution in [2.75, 3.05) is 0 Å². The molecular formula is C27H26O13. The third-order valence-electron chi connectivity index (χ3n) is 5.10. The Balaban J connectivity index is 2.23. The van der Waals surface area contributed by atoms with Crippen molar-refractivity contribution in [3.05, 3.63) is 35.4 Å². The second-order valence-electron chi connectivity index (χ2n) is 8.60. The van der Waals surface area contributed by atoms with Crippen molar-refractivity contribution in [2.24, 2.45) is 0 Å². The van der Waals surface area contributed by atoms with Gasteiger partial charge in [-0.1, -0.05) is 0 Å². The summed E-state index contributed by atoms with van der Waals surface area (Å²) in [5, 5.41) is 0. The fraction of sp³-hybridized carbons (Fsp3) is 0.333. The van der Waals surface area contributed by atoms with E-state index < -0.39 is 48.0 Å². The maximum absolute atomic E-state index is 12.0. The highest BCUT2D eigenvalue weighted by Crippen LogP contribution is 2.47. The van der Waals surface area contributed by atoms with Crippen molar-refractivity contribution in [2.45, 2.75) is 60.2 Å². The minimum Gasteiger partial charge on any atom is -0.481 e. The summed E-state index contributed by atoms with van der Waals surface area (Å²) >= 11 is 0. The maximum Gasteiger partial charge on any atom is 0.308 e. The first-order valence-electron chi connectivity index (χ1n) is 11.8. The molecule has 0 N–H and O–H groups in total. The second-order valence-corrected chi connectivity index (χ2v) is 8.60. The molecule has 0 bridgehead atoms. The zero-order valence-electron chi connectivity index (χ0n) is 22.5. The highest BCUT2D eigenvalue weighted by atomic mass is 16.6. The van der Waals surface area contributed by atoms with Crippen LogP contribution < -0.4 is 28.4 Å². The van der Waals surface area contributed by atoms with Crippen LogP contribution in [-0.2, 0) is 39.9 Å². The van der Waals surface area contributed by atoms with Gasteiger partial charge in [0.25, 0.3) is 0 Å². The van der Waals surface area contributed by atoms with Crippen molar-refractivity contribution in [1.29, 1.82) is 0 Å². The molecule has 0 unspecified atom stereocenters. The Labute approximate surface area is 228 Å². The number of benzene rings is 2. The molecule has 0 spiro atoms. The van der Waals surface area contributed by atoms with Crippen LogP contribution in [-0.4, -0.2) is 41.9 Å². The van der Waals surface area contributed by atoms with E-state index in [0.717, 1.165) is 20.8 Å². The van der Waals surface area contributed by atoms with Gasteiger partial charge in [-0.3, -0.25) is 28.8 Å². The molecule has 2 aromatic carbocycles. The number of carbonyl (C=O) groups is 6. The average Bonchev–Trinajstić information content (AvgIpc) is 2.79. The zero-order valence-corrected chi connectivity index (χ0v) is 22.5. The first-order chi connectivity index (χ1) is 18.7. The van der Waals surface area contributed by atoms with Crippen LogP contribution in [0.3, 0.4) is 0 Å².